The average molecular weight is 315 g/mol. The van der Waals surface area contributed by atoms with Gasteiger partial charge in [0.15, 0.2) is 6.61 Å². The van der Waals surface area contributed by atoms with Gasteiger partial charge >= 0.3 is 5.97 Å². The lowest BCUT2D eigenvalue weighted by Crippen LogP contribution is -2.28. The molecule has 1 rings (SSSR count). The number of ether oxygens (including phenoxy) is 1. The Morgan fingerprint density at radius 1 is 1.44 bits per heavy atom. The van der Waals surface area contributed by atoms with Crippen LogP contribution in [0.2, 0.25) is 0 Å². The normalized spacial score (nSPS) is 9.94. The lowest BCUT2D eigenvalue weighted by atomic mass is 10.1. The molecule has 0 spiro atoms. The Kier molecular flexibility index (Phi) is 5.15. The van der Waals surface area contributed by atoms with Crippen LogP contribution in [0.4, 0.5) is 5.69 Å². The fraction of sp³-hybridized carbons (Fsp3) is 0.333. The molecule has 1 amide bonds. The van der Waals surface area contributed by atoms with E-state index in [0.29, 0.717) is 27.8 Å². The lowest BCUT2D eigenvalue weighted by molar-refractivity contribution is -0.124. The first-order valence-corrected chi connectivity index (χ1v) is 6.24. The van der Waals surface area contributed by atoms with Crippen molar-refractivity contribution in [1.29, 1.82) is 0 Å². The number of benzene rings is 1. The number of carbonyl (C=O) groups is 2. The second-order valence-electron chi connectivity index (χ2n) is 3.70. The van der Waals surface area contributed by atoms with Crippen molar-refractivity contribution < 1.29 is 14.3 Å². The summed E-state index contributed by atoms with van der Waals surface area (Å²) in [5.74, 6) is -0.891. The zero-order valence-corrected chi connectivity index (χ0v) is 11.8. The van der Waals surface area contributed by atoms with Gasteiger partial charge in [-0.2, -0.15) is 0 Å². The van der Waals surface area contributed by atoms with E-state index in [1.807, 2.05) is 0 Å². The fourth-order valence-electron chi connectivity index (χ4n) is 1.37. The van der Waals surface area contributed by atoms with Crippen molar-refractivity contribution in [2.45, 2.75) is 13.8 Å². The Morgan fingerprint density at radius 2 is 2.11 bits per heavy atom. The molecule has 0 heterocycles. The van der Waals surface area contributed by atoms with Crippen LogP contribution < -0.4 is 11.1 Å². The van der Waals surface area contributed by atoms with E-state index in [0.717, 1.165) is 0 Å². The molecule has 0 saturated heterocycles. The molecule has 0 bridgehead atoms. The molecule has 0 aromatic heterocycles. The van der Waals surface area contributed by atoms with E-state index in [9.17, 15) is 9.59 Å². The maximum Gasteiger partial charge on any atom is 0.339 e. The predicted octanol–water partition coefficient (Wildman–Crippen LogP) is 1.63. The van der Waals surface area contributed by atoms with Crippen LogP contribution in [0, 0.1) is 6.92 Å². The molecule has 0 atom stereocenters. The highest BCUT2D eigenvalue weighted by atomic mass is 79.9. The van der Waals surface area contributed by atoms with Crippen molar-refractivity contribution in [2.24, 2.45) is 0 Å². The molecule has 1 aromatic carbocycles. The van der Waals surface area contributed by atoms with E-state index in [-0.39, 0.29) is 12.5 Å². The van der Waals surface area contributed by atoms with Gasteiger partial charge in [0, 0.05) is 16.7 Å². The van der Waals surface area contributed by atoms with Gasteiger partial charge < -0.3 is 15.8 Å². The number of hydrogen-bond donors (Lipinski definition) is 2. The minimum atomic E-state index is -0.563. The average Bonchev–Trinajstić information content (AvgIpc) is 2.31. The van der Waals surface area contributed by atoms with Crippen molar-refractivity contribution >= 4 is 33.5 Å². The molecule has 98 valence electrons. The van der Waals surface area contributed by atoms with Crippen molar-refractivity contribution in [2.75, 3.05) is 18.9 Å². The number of carbonyl (C=O) groups excluding carboxylic acids is 2. The monoisotopic (exact) mass is 314 g/mol. The molecule has 6 heteroatoms. The molecule has 1 aromatic rings. The first-order chi connectivity index (χ1) is 8.45. The number of nitrogens with one attached hydrogen (secondary N) is 1. The van der Waals surface area contributed by atoms with Crippen molar-refractivity contribution in [3.05, 3.63) is 27.7 Å². The van der Waals surface area contributed by atoms with E-state index in [1.165, 1.54) is 0 Å². The van der Waals surface area contributed by atoms with Gasteiger partial charge in [0.25, 0.3) is 5.91 Å². The van der Waals surface area contributed by atoms with Gasteiger partial charge in [-0.3, -0.25) is 4.79 Å². The standard InChI is InChI=1S/C12H15BrN2O3/c1-3-15-11(16)6-18-12(17)9-4-8(13)5-10(14)7(9)2/h4-5H,3,6,14H2,1-2H3,(H,15,16). The minimum absolute atomic E-state index is 0.293. The minimum Gasteiger partial charge on any atom is -0.452 e. The summed E-state index contributed by atoms with van der Waals surface area (Å²) in [5, 5.41) is 2.54. The third kappa shape index (κ3) is 3.73. The quantitative estimate of drug-likeness (QED) is 0.654. The number of rotatable bonds is 4. The van der Waals surface area contributed by atoms with E-state index in [2.05, 4.69) is 21.2 Å². The van der Waals surface area contributed by atoms with Crippen LogP contribution in [0.15, 0.2) is 16.6 Å². The van der Waals surface area contributed by atoms with Crippen LogP contribution in [-0.2, 0) is 9.53 Å². The van der Waals surface area contributed by atoms with Crippen LogP contribution in [0.25, 0.3) is 0 Å². The number of anilines is 1. The van der Waals surface area contributed by atoms with Gasteiger partial charge in [0.1, 0.15) is 0 Å². The molecular formula is C12H15BrN2O3. The zero-order valence-electron chi connectivity index (χ0n) is 10.2. The summed E-state index contributed by atoms with van der Waals surface area (Å²) >= 11 is 3.25. The van der Waals surface area contributed by atoms with Gasteiger partial charge in [-0.15, -0.1) is 0 Å². The van der Waals surface area contributed by atoms with E-state index < -0.39 is 5.97 Å². The van der Waals surface area contributed by atoms with E-state index in [1.54, 1.807) is 26.0 Å². The summed E-state index contributed by atoms with van der Waals surface area (Å²) in [6, 6.07) is 3.32. The van der Waals surface area contributed by atoms with Gasteiger partial charge in [0.2, 0.25) is 0 Å². The highest BCUT2D eigenvalue weighted by molar-refractivity contribution is 9.10. The summed E-state index contributed by atoms with van der Waals surface area (Å²) in [5.41, 5.74) is 7.23. The molecular weight excluding hydrogens is 300 g/mol. The van der Waals surface area contributed by atoms with Crippen LogP contribution in [0.3, 0.4) is 0 Å². The molecule has 18 heavy (non-hydrogen) atoms. The predicted molar refractivity (Wildman–Crippen MR) is 72.3 cm³/mol. The number of esters is 1. The van der Waals surface area contributed by atoms with Crippen molar-refractivity contribution in [3.63, 3.8) is 0 Å². The van der Waals surface area contributed by atoms with Crippen molar-refractivity contribution in [1.82, 2.24) is 5.32 Å². The van der Waals surface area contributed by atoms with Gasteiger partial charge in [-0.05, 0) is 31.5 Å². The van der Waals surface area contributed by atoms with Crippen molar-refractivity contribution in [3.8, 4) is 0 Å². The number of amides is 1. The topological polar surface area (TPSA) is 81.4 Å². The second-order valence-corrected chi connectivity index (χ2v) is 4.61. The molecule has 0 unspecified atom stereocenters. The Bertz CT molecular complexity index is 475. The SMILES string of the molecule is CCNC(=O)COC(=O)c1cc(Br)cc(N)c1C. The van der Waals surface area contributed by atoms with Gasteiger partial charge in [0.05, 0.1) is 5.56 Å². The maximum absolute atomic E-state index is 11.8. The first-order valence-electron chi connectivity index (χ1n) is 5.45. The Hall–Kier alpha value is -1.56. The molecule has 0 aliphatic rings. The number of hydrogen-bond acceptors (Lipinski definition) is 4. The van der Waals surface area contributed by atoms with Crippen LogP contribution in [-0.4, -0.2) is 25.0 Å². The fourth-order valence-corrected chi connectivity index (χ4v) is 1.84. The summed E-state index contributed by atoms with van der Waals surface area (Å²) in [7, 11) is 0. The smallest absolute Gasteiger partial charge is 0.339 e. The Morgan fingerprint density at radius 3 is 2.72 bits per heavy atom. The molecule has 0 radical (unpaired) electrons. The molecule has 0 saturated carbocycles. The molecule has 0 aliphatic heterocycles. The maximum atomic E-state index is 11.8. The number of likely N-dealkylation sites (N-methyl/N-ethyl adjacent to an activating group) is 1. The molecule has 0 aliphatic carbocycles. The van der Waals surface area contributed by atoms with Gasteiger partial charge in [-0.25, -0.2) is 4.79 Å². The third-order valence-corrected chi connectivity index (χ3v) is 2.80. The third-order valence-electron chi connectivity index (χ3n) is 2.34. The summed E-state index contributed by atoms with van der Waals surface area (Å²) in [6.45, 7) is 3.72. The molecule has 3 N–H and O–H groups in total. The Balaban J connectivity index is 2.76. The van der Waals surface area contributed by atoms with E-state index >= 15 is 0 Å². The Labute approximate surface area is 114 Å². The number of nitrogens with two attached hydrogens (primary N) is 1. The molecule has 0 fully saturated rings. The first kappa shape index (κ1) is 14.5. The zero-order chi connectivity index (χ0) is 13.7. The lowest BCUT2D eigenvalue weighted by Gasteiger charge is -2.09. The largest absolute Gasteiger partial charge is 0.452 e. The highest BCUT2D eigenvalue weighted by Crippen LogP contribution is 2.23. The molecule has 5 nitrogen and oxygen atoms in total. The summed E-state index contributed by atoms with van der Waals surface area (Å²) in [6.07, 6.45) is 0. The van der Waals surface area contributed by atoms with Crippen LogP contribution >= 0.6 is 15.9 Å². The van der Waals surface area contributed by atoms with Crippen LogP contribution in [0.1, 0.15) is 22.8 Å². The highest BCUT2D eigenvalue weighted by Gasteiger charge is 2.14. The summed E-state index contributed by atoms with van der Waals surface area (Å²) in [4.78, 5) is 23.0. The number of halogens is 1. The van der Waals surface area contributed by atoms with Crippen LogP contribution in [0.5, 0.6) is 0 Å². The second kappa shape index (κ2) is 6.39. The summed E-state index contributed by atoms with van der Waals surface area (Å²) < 4.78 is 5.60. The van der Waals surface area contributed by atoms with E-state index in [4.69, 9.17) is 10.5 Å². The number of nitrogen functional groups attached to an aromatic ring is 1. The van der Waals surface area contributed by atoms with Gasteiger partial charge in [-0.1, -0.05) is 15.9 Å².